The first-order valence-corrected chi connectivity index (χ1v) is 8.54. The Kier molecular flexibility index (Phi) is 3.22. The van der Waals surface area contributed by atoms with E-state index in [0.29, 0.717) is 24.4 Å². The van der Waals surface area contributed by atoms with Crippen molar-refractivity contribution in [3.05, 3.63) is 82.1 Å². The zero-order valence-electron chi connectivity index (χ0n) is 14.2. The number of carboxylic acids is 1. The van der Waals surface area contributed by atoms with Crippen molar-refractivity contribution in [2.45, 2.75) is 13.0 Å². The predicted octanol–water partition coefficient (Wildman–Crippen LogP) is 3.78. The summed E-state index contributed by atoms with van der Waals surface area (Å²) in [5, 5.41) is 10.2. The number of para-hydroxylation sites is 1. The van der Waals surface area contributed by atoms with E-state index >= 15 is 0 Å². The van der Waals surface area contributed by atoms with Gasteiger partial charge in [0.2, 0.25) is 0 Å². The summed E-state index contributed by atoms with van der Waals surface area (Å²) in [6.07, 6.45) is 2.11. The van der Waals surface area contributed by atoms with Crippen LogP contribution in [0.5, 0.6) is 0 Å². The molecule has 2 aromatic carbocycles. The molecule has 4 aromatic rings. The molecule has 5 nitrogen and oxygen atoms in total. The maximum absolute atomic E-state index is 12.2. The van der Waals surface area contributed by atoms with Gasteiger partial charge in [0.25, 0.3) is 0 Å². The molecule has 0 fully saturated rings. The van der Waals surface area contributed by atoms with Crippen LogP contribution in [-0.2, 0) is 13.0 Å². The SMILES string of the molecule is O=C(O)c1cn2c(cc1=O)-c1oc3c(-c4cc#ccc4)cccc3c1CC2. The summed E-state index contributed by atoms with van der Waals surface area (Å²) in [5.41, 5.74) is 3.59. The standard InChI is InChI=1S/C22H13NO4/c24-19-11-18-21-16(9-10-23(18)12-17(19)22(25)26)15-8-4-7-14(20(15)27-21)13-5-2-1-3-6-13/h2,4-8,11-12H,9-10H2,(H,25,26). The van der Waals surface area contributed by atoms with Gasteiger partial charge in [0.1, 0.15) is 11.1 Å². The van der Waals surface area contributed by atoms with Gasteiger partial charge >= 0.3 is 5.97 Å². The van der Waals surface area contributed by atoms with Crippen LogP contribution in [0.3, 0.4) is 0 Å². The number of aryl methyl sites for hydroxylation is 2. The summed E-state index contributed by atoms with van der Waals surface area (Å²) in [7, 11) is 0. The zero-order chi connectivity index (χ0) is 18.5. The summed E-state index contributed by atoms with van der Waals surface area (Å²) < 4.78 is 8.00. The second-order valence-corrected chi connectivity index (χ2v) is 6.50. The number of benzene rings is 1. The number of aromatic carboxylic acids is 1. The van der Waals surface area contributed by atoms with Crippen LogP contribution in [0.2, 0.25) is 0 Å². The molecule has 0 radical (unpaired) electrons. The Morgan fingerprint density at radius 3 is 2.89 bits per heavy atom. The van der Waals surface area contributed by atoms with E-state index < -0.39 is 11.4 Å². The number of nitrogens with zero attached hydrogens (tertiary/aromatic N) is 1. The number of carbonyl (C=O) groups is 1. The minimum atomic E-state index is -1.22. The maximum atomic E-state index is 12.2. The van der Waals surface area contributed by atoms with E-state index in [1.54, 1.807) is 10.6 Å². The largest absolute Gasteiger partial charge is 0.477 e. The first-order valence-electron chi connectivity index (χ1n) is 8.54. The third-order valence-corrected chi connectivity index (χ3v) is 4.98. The highest BCUT2D eigenvalue weighted by Gasteiger charge is 2.25. The number of furan rings is 1. The molecule has 5 rings (SSSR count). The van der Waals surface area contributed by atoms with Crippen LogP contribution in [0.25, 0.3) is 33.6 Å². The fraction of sp³-hybridized carbons (Fsp3) is 0.0909. The Morgan fingerprint density at radius 2 is 2.11 bits per heavy atom. The number of rotatable bonds is 2. The van der Waals surface area contributed by atoms with Crippen LogP contribution >= 0.6 is 0 Å². The molecule has 0 saturated heterocycles. The van der Waals surface area contributed by atoms with Gasteiger partial charge in [-0.2, -0.15) is 0 Å². The number of aromatic nitrogens is 1. The van der Waals surface area contributed by atoms with Gasteiger partial charge in [0.05, 0.1) is 5.69 Å². The van der Waals surface area contributed by atoms with Gasteiger partial charge in [-0.25, -0.2) is 4.79 Å². The van der Waals surface area contributed by atoms with E-state index in [1.165, 1.54) is 12.3 Å². The van der Waals surface area contributed by atoms with Gasteiger partial charge in [-0.3, -0.25) is 4.79 Å². The van der Waals surface area contributed by atoms with Crippen molar-refractivity contribution in [3.8, 4) is 22.6 Å². The summed E-state index contributed by atoms with van der Waals surface area (Å²) in [6, 6.07) is 18.8. The lowest BCUT2D eigenvalue weighted by Gasteiger charge is -2.18. The highest BCUT2D eigenvalue weighted by Crippen LogP contribution is 2.40. The molecule has 1 N–H and O–H groups in total. The molecule has 5 heteroatoms. The highest BCUT2D eigenvalue weighted by atomic mass is 16.4. The van der Waals surface area contributed by atoms with Crippen molar-refractivity contribution in [3.63, 3.8) is 0 Å². The van der Waals surface area contributed by atoms with E-state index in [9.17, 15) is 14.7 Å². The van der Waals surface area contributed by atoms with Crippen LogP contribution in [0.15, 0.2) is 57.9 Å². The molecule has 27 heavy (non-hydrogen) atoms. The highest BCUT2D eigenvalue weighted by molar-refractivity contribution is 5.98. The summed E-state index contributed by atoms with van der Waals surface area (Å²) >= 11 is 0. The van der Waals surface area contributed by atoms with Crippen molar-refractivity contribution >= 4 is 16.9 Å². The normalized spacial score (nSPS) is 12.3. The molecule has 0 unspecified atom stereocenters. The van der Waals surface area contributed by atoms with E-state index in [1.807, 2.05) is 30.3 Å². The summed E-state index contributed by atoms with van der Waals surface area (Å²) in [5.74, 6) is -0.589. The fourth-order valence-electron chi connectivity index (χ4n) is 3.72. The van der Waals surface area contributed by atoms with Crippen LogP contribution in [0.4, 0.5) is 0 Å². The molecule has 0 saturated carbocycles. The molecule has 0 spiro atoms. The summed E-state index contributed by atoms with van der Waals surface area (Å²) in [4.78, 5) is 23.5. The Hall–Kier alpha value is -3.78. The number of fused-ring (bicyclic) bond motifs is 5. The molecule has 2 aromatic heterocycles. The Balaban J connectivity index is 1.78. The second-order valence-electron chi connectivity index (χ2n) is 6.50. The topological polar surface area (TPSA) is 72.4 Å². The molecule has 1 aliphatic rings. The van der Waals surface area contributed by atoms with Crippen molar-refractivity contribution in [2.75, 3.05) is 0 Å². The van der Waals surface area contributed by atoms with Gasteiger partial charge in [-0.05, 0) is 30.2 Å². The second kappa shape index (κ2) is 5.61. The maximum Gasteiger partial charge on any atom is 0.341 e. The number of hydrogen-bond donors (Lipinski definition) is 1. The Morgan fingerprint density at radius 1 is 1.22 bits per heavy atom. The van der Waals surface area contributed by atoms with Gasteiger partial charge in [0, 0.05) is 35.3 Å². The predicted molar refractivity (Wildman–Crippen MR) is 99.7 cm³/mol. The minimum Gasteiger partial charge on any atom is -0.477 e. The molecule has 0 atom stereocenters. The Labute approximate surface area is 154 Å². The molecule has 1 aliphatic heterocycles. The quantitative estimate of drug-likeness (QED) is 0.594. The summed E-state index contributed by atoms with van der Waals surface area (Å²) in [6.45, 7) is 0.593. The number of hydrogen-bond acceptors (Lipinski definition) is 3. The minimum absolute atomic E-state index is 0.227. The monoisotopic (exact) mass is 355 g/mol. The van der Waals surface area contributed by atoms with E-state index in [0.717, 1.165) is 27.7 Å². The van der Waals surface area contributed by atoms with Gasteiger partial charge < -0.3 is 14.1 Å². The van der Waals surface area contributed by atoms with Gasteiger partial charge in [-0.1, -0.05) is 30.3 Å². The smallest absolute Gasteiger partial charge is 0.341 e. The molecular weight excluding hydrogens is 342 g/mol. The Bertz CT molecular complexity index is 1260. The lowest BCUT2D eigenvalue weighted by molar-refractivity contribution is 0.0694. The molecular formula is C22H13NO4. The van der Waals surface area contributed by atoms with Crippen LogP contribution < -0.4 is 5.43 Å². The van der Waals surface area contributed by atoms with Crippen LogP contribution in [0, 0.1) is 12.1 Å². The van der Waals surface area contributed by atoms with Gasteiger partial charge in [-0.15, -0.1) is 0 Å². The van der Waals surface area contributed by atoms with E-state index in [2.05, 4.69) is 12.1 Å². The lowest BCUT2D eigenvalue weighted by atomic mass is 9.98. The number of pyridine rings is 1. The average Bonchev–Trinajstić information content (AvgIpc) is 3.07. The zero-order valence-corrected chi connectivity index (χ0v) is 14.2. The fourth-order valence-corrected chi connectivity index (χ4v) is 3.72. The third-order valence-electron chi connectivity index (χ3n) is 4.98. The lowest BCUT2D eigenvalue weighted by Crippen LogP contribution is -2.21. The molecule has 0 aliphatic carbocycles. The van der Waals surface area contributed by atoms with E-state index in [4.69, 9.17) is 4.42 Å². The first-order chi connectivity index (χ1) is 13.1. The molecule has 0 bridgehead atoms. The first kappa shape index (κ1) is 15.5. The van der Waals surface area contributed by atoms with Gasteiger partial charge in [0.15, 0.2) is 11.2 Å². The number of carboxylic acid groups (broad SMARTS) is 1. The van der Waals surface area contributed by atoms with Crippen molar-refractivity contribution in [1.29, 1.82) is 0 Å². The average molecular weight is 355 g/mol. The van der Waals surface area contributed by atoms with Crippen molar-refractivity contribution in [1.82, 2.24) is 4.57 Å². The third kappa shape index (κ3) is 2.27. The van der Waals surface area contributed by atoms with Crippen molar-refractivity contribution < 1.29 is 14.3 Å². The molecule has 130 valence electrons. The van der Waals surface area contributed by atoms with Crippen LogP contribution in [-0.4, -0.2) is 15.6 Å². The van der Waals surface area contributed by atoms with Crippen molar-refractivity contribution in [2.24, 2.45) is 0 Å². The van der Waals surface area contributed by atoms with Crippen LogP contribution in [0.1, 0.15) is 15.9 Å². The molecule has 0 amide bonds. The molecule has 3 heterocycles. The van der Waals surface area contributed by atoms with E-state index in [-0.39, 0.29) is 5.56 Å².